The number of amides is 1. The molecule has 116 valence electrons. The molecule has 2 aromatic rings. The summed E-state index contributed by atoms with van der Waals surface area (Å²) in [5, 5.41) is 6.14. The van der Waals surface area contributed by atoms with Crippen molar-refractivity contribution in [1.82, 2.24) is 0 Å². The Labute approximate surface area is 139 Å². The van der Waals surface area contributed by atoms with E-state index in [2.05, 4.69) is 10.6 Å². The van der Waals surface area contributed by atoms with Crippen molar-refractivity contribution in [2.24, 2.45) is 0 Å². The predicted octanol–water partition coefficient (Wildman–Crippen LogP) is 3.69. The van der Waals surface area contributed by atoms with Crippen LogP contribution in [0.1, 0.15) is 16.7 Å². The first-order valence-electron chi connectivity index (χ1n) is 7.49. The lowest BCUT2D eigenvalue weighted by molar-refractivity contribution is -0.110. The monoisotopic (exact) mass is 326 g/mol. The third kappa shape index (κ3) is 2.35. The van der Waals surface area contributed by atoms with E-state index in [0.717, 1.165) is 28.1 Å². The summed E-state index contributed by atoms with van der Waals surface area (Å²) in [5.74, 6) is 1.10. The Hall–Kier alpha value is -2.46. The average molecular weight is 327 g/mol. The Bertz CT molecular complexity index is 830. The number of rotatable bonds is 3. The Balaban J connectivity index is 1.78. The highest BCUT2D eigenvalue weighted by molar-refractivity contribution is 6.36. The molecule has 23 heavy (non-hydrogen) atoms. The maximum absolute atomic E-state index is 12.4. The fourth-order valence-electron chi connectivity index (χ4n) is 3.01. The number of alkyl halides is 1. The van der Waals surface area contributed by atoms with Gasteiger partial charge in [0.15, 0.2) is 0 Å². The van der Waals surface area contributed by atoms with Crippen molar-refractivity contribution in [3.05, 3.63) is 59.2 Å². The van der Waals surface area contributed by atoms with E-state index in [-0.39, 0.29) is 5.91 Å². The molecule has 0 unspecified atom stereocenters. The Morgan fingerprint density at radius 2 is 2.04 bits per heavy atom. The summed E-state index contributed by atoms with van der Waals surface area (Å²) in [6, 6.07) is 13.7. The summed E-state index contributed by atoms with van der Waals surface area (Å²) in [7, 11) is 0. The van der Waals surface area contributed by atoms with Crippen molar-refractivity contribution in [3.63, 3.8) is 0 Å². The first-order valence-corrected chi connectivity index (χ1v) is 8.02. The minimum absolute atomic E-state index is 0.113. The van der Waals surface area contributed by atoms with Crippen LogP contribution < -0.4 is 10.6 Å². The standard InChI is InChI=1S/C18H15ClN2O2/c19-7-8-20-12-5-6-13-11(9-12)10-23-17(13)16-14-3-1-2-4-15(14)21-18(16)22/h1-6,9,20H,7-8,10H2,(H,21,22)/b17-16+. The van der Waals surface area contributed by atoms with Crippen LogP contribution in [0.5, 0.6) is 0 Å². The minimum atomic E-state index is -0.113. The van der Waals surface area contributed by atoms with Gasteiger partial charge in [0.25, 0.3) is 5.91 Å². The average Bonchev–Trinajstić information content (AvgIpc) is 3.12. The molecule has 0 saturated carbocycles. The molecule has 0 atom stereocenters. The molecule has 5 heteroatoms. The van der Waals surface area contributed by atoms with Crippen molar-refractivity contribution in [3.8, 4) is 0 Å². The van der Waals surface area contributed by atoms with E-state index >= 15 is 0 Å². The second kappa shape index (κ2) is 5.63. The summed E-state index contributed by atoms with van der Waals surface area (Å²) in [6.07, 6.45) is 0. The van der Waals surface area contributed by atoms with Crippen LogP contribution in [-0.4, -0.2) is 18.3 Å². The van der Waals surface area contributed by atoms with Crippen LogP contribution in [0.15, 0.2) is 42.5 Å². The molecule has 2 aliphatic rings. The van der Waals surface area contributed by atoms with Gasteiger partial charge in [-0.2, -0.15) is 0 Å². The Morgan fingerprint density at radius 3 is 2.91 bits per heavy atom. The molecule has 0 saturated heterocycles. The Kier molecular flexibility index (Phi) is 3.46. The number of carbonyl (C=O) groups excluding carboxylic acids is 1. The van der Waals surface area contributed by atoms with Crippen LogP contribution in [-0.2, 0) is 16.1 Å². The molecule has 0 fully saturated rings. The van der Waals surface area contributed by atoms with E-state index in [0.29, 0.717) is 30.4 Å². The number of hydrogen-bond acceptors (Lipinski definition) is 3. The molecule has 0 aromatic heterocycles. The fraction of sp³-hybridized carbons (Fsp3) is 0.167. The lowest BCUT2D eigenvalue weighted by atomic mass is 10.0. The summed E-state index contributed by atoms with van der Waals surface area (Å²) < 4.78 is 5.86. The van der Waals surface area contributed by atoms with Gasteiger partial charge in [0.2, 0.25) is 0 Å². The van der Waals surface area contributed by atoms with Crippen LogP contribution >= 0.6 is 11.6 Å². The minimum Gasteiger partial charge on any atom is -0.487 e. The third-order valence-electron chi connectivity index (χ3n) is 4.04. The van der Waals surface area contributed by atoms with Gasteiger partial charge in [-0.05, 0) is 24.3 Å². The predicted molar refractivity (Wildman–Crippen MR) is 92.3 cm³/mol. The normalized spacial score (nSPS) is 18.2. The van der Waals surface area contributed by atoms with Crippen LogP contribution in [0.3, 0.4) is 0 Å². The highest BCUT2D eigenvalue weighted by atomic mass is 35.5. The summed E-state index contributed by atoms with van der Waals surface area (Å²) in [6.45, 7) is 1.19. The van der Waals surface area contributed by atoms with Crippen molar-refractivity contribution in [2.45, 2.75) is 6.61 Å². The number of hydrogen-bond donors (Lipinski definition) is 2. The largest absolute Gasteiger partial charge is 0.487 e. The van der Waals surface area contributed by atoms with Crippen molar-refractivity contribution < 1.29 is 9.53 Å². The number of halogens is 1. The van der Waals surface area contributed by atoms with Crippen LogP contribution in [0.4, 0.5) is 11.4 Å². The zero-order valence-corrected chi connectivity index (χ0v) is 13.1. The Morgan fingerprint density at radius 1 is 1.17 bits per heavy atom. The van der Waals surface area contributed by atoms with E-state index < -0.39 is 0 Å². The molecule has 2 aromatic carbocycles. The zero-order valence-electron chi connectivity index (χ0n) is 12.4. The topological polar surface area (TPSA) is 50.4 Å². The van der Waals surface area contributed by atoms with Gasteiger partial charge in [-0.1, -0.05) is 18.2 Å². The van der Waals surface area contributed by atoms with Crippen LogP contribution in [0, 0.1) is 0 Å². The highest BCUT2D eigenvalue weighted by Gasteiger charge is 2.32. The molecule has 2 heterocycles. The molecule has 1 amide bonds. The molecule has 0 spiro atoms. The molecule has 4 rings (SSSR count). The van der Waals surface area contributed by atoms with Gasteiger partial charge in [-0.15, -0.1) is 11.6 Å². The number of benzene rings is 2. The molecule has 0 aliphatic carbocycles. The number of carbonyl (C=O) groups is 1. The number of anilines is 2. The number of ether oxygens (including phenoxy) is 1. The smallest absolute Gasteiger partial charge is 0.260 e. The number of fused-ring (bicyclic) bond motifs is 2. The molecule has 2 N–H and O–H groups in total. The van der Waals surface area contributed by atoms with E-state index in [1.807, 2.05) is 42.5 Å². The SMILES string of the molecule is O=C1Nc2ccccc2/C1=C1\OCc2cc(NCCCl)ccc21. The molecule has 0 bridgehead atoms. The molecular formula is C18H15ClN2O2. The lowest BCUT2D eigenvalue weighted by Gasteiger charge is -2.07. The zero-order chi connectivity index (χ0) is 15.8. The van der Waals surface area contributed by atoms with Gasteiger partial charge in [0, 0.05) is 40.5 Å². The lowest BCUT2D eigenvalue weighted by Crippen LogP contribution is -2.05. The molecule has 0 radical (unpaired) electrons. The van der Waals surface area contributed by atoms with Gasteiger partial charge in [0.05, 0.1) is 5.57 Å². The summed E-state index contributed by atoms with van der Waals surface area (Å²) >= 11 is 5.70. The first-order chi connectivity index (χ1) is 11.3. The van der Waals surface area contributed by atoms with Crippen molar-refractivity contribution in [2.75, 3.05) is 23.1 Å². The summed E-state index contributed by atoms with van der Waals surface area (Å²) in [5.41, 5.74) is 5.39. The second-order valence-electron chi connectivity index (χ2n) is 5.48. The first kappa shape index (κ1) is 14.2. The van der Waals surface area contributed by atoms with Gasteiger partial charge < -0.3 is 15.4 Å². The number of para-hydroxylation sites is 1. The molecule has 2 aliphatic heterocycles. The van der Waals surface area contributed by atoms with Gasteiger partial charge in [-0.25, -0.2) is 0 Å². The maximum Gasteiger partial charge on any atom is 0.260 e. The van der Waals surface area contributed by atoms with Crippen molar-refractivity contribution in [1.29, 1.82) is 0 Å². The number of nitrogens with one attached hydrogen (secondary N) is 2. The quantitative estimate of drug-likeness (QED) is 0.668. The van der Waals surface area contributed by atoms with E-state index in [1.165, 1.54) is 0 Å². The molecular weight excluding hydrogens is 312 g/mol. The van der Waals surface area contributed by atoms with E-state index in [1.54, 1.807) is 0 Å². The maximum atomic E-state index is 12.4. The molecule has 4 nitrogen and oxygen atoms in total. The van der Waals surface area contributed by atoms with Crippen molar-refractivity contribution >= 4 is 40.2 Å². The summed E-state index contributed by atoms with van der Waals surface area (Å²) in [4.78, 5) is 12.4. The van der Waals surface area contributed by atoms with Gasteiger partial charge in [0.1, 0.15) is 12.4 Å². The van der Waals surface area contributed by atoms with E-state index in [4.69, 9.17) is 16.3 Å². The fourth-order valence-corrected chi connectivity index (χ4v) is 3.11. The van der Waals surface area contributed by atoms with Crippen LogP contribution in [0.2, 0.25) is 0 Å². The van der Waals surface area contributed by atoms with Crippen LogP contribution in [0.25, 0.3) is 11.3 Å². The van der Waals surface area contributed by atoms with E-state index in [9.17, 15) is 4.79 Å². The highest BCUT2D eigenvalue weighted by Crippen LogP contribution is 2.41. The third-order valence-corrected chi connectivity index (χ3v) is 4.23. The van der Waals surface area contributed by atoms with Gasteiger partial charge >= 0.3 is 0 Å². The second-order valence-corrected chi connectivity index (χ2v) is 5.86. The van der Waals surface area contributed by atoms with Gasteiger partial charge in [-0.3, -0.25) is 4.79 Å².